The van der Waals surface area contributed by atoms with Gasteiger partial charge in [0.05, 0.1) is 0 Å². The maximum atomic E-state index is 5.87. The molecule has 0 aliphatic heterocycles. The minimum absolute atomic E-state index is 0.851. The third-order valence-corrected chi connectivity index (χ3v) is 2.64. The minimum Gasteiger partial charge on any atom is -0.457 e. The molecule has 17 heavy (non-hydrogen) atoms. The van der Waals surface area contributed by atoms with Crippen LogP contribution in [0.25, 0.3) is 10.8 Å². The zero-order valence-corrected chi connectivity index (χ0v) is 9.26. The molecule has 0 saturated carbocycles. The number of hydrogen-bond acceptors (Lipinski definition) is 1. The summed E-state index contributed by atoms with van der Waals surface area (Å²) >= 11 is 0. The Labute approximate surface area is 100 Å². The van der Waals surface area contributed by atoms with Crippen molar-refractivity contribution in [2.45, 2.75) is 0 Å². The SMILES string of the molecule is [c]1ccc(Oc2ccccc2)c2ccccc12. The molecule has 0 heterocycles. The monoisotopic (exact) mass is 219 g/mol. The van der Waals surface area contributed by atoms with Crippen molar-refractivity contribution in [1.82, 2.24) is 0 Å². The van der Waals surface area contributed by atoms with Crippen molar-refractivity contribution in [3.63, 3.8) is 0 Å². The summed E-state index contributed by atoms with van der Waals surface area (Å²) in [7, 11) is 0. The second-order valence-electron chi connectivity index (χ2n) is 3.80. The Bertz CT molecular complexity index is 624. The highest BCUT2D eigenvalue weighted by Gasteiger charge is 2.01. The molecule has 3 rings (SSSR count). The van der Waals surface area contributed by atoms with Gasteiger partial charge in [-0.05, 0) is 29.7 Å². The van der Waals surface area contributed by atoms with E-state index in [4.69, 9.17) is 4.74 Å². The largest absolute Gasteiger partial charge is 0.457 e. The first-order valence-electron chi connectivity index (χ1n) is 5.56. The van der Waals surface area contributed by atoms with Gasteiger partial charge in [0.1, 0.15) is 11.5 Å². The van der Waals surface area contributed by atoms with Crippen molar-refractivity contribution in [3.8, 4) is 11.5 Å². The summed E-state index contributed by atoms with van der Waals surface area (Å²) in [6, 6.07) is 24.9. The van der Waals surface area contributed by atoms with Crippen molar-refractivity contribution < 1.29 is 4.74 Å². The molecule has 0 spiro atoms. The topological polar surface area (TPSA) is 9.23 Å². The Morgan fingerprint density at radius 1 is 0.765 bits per heavy atom. The molecule has 1 radical (unpaired) electrons. The Morgan fingerprint density at radius 2 is 1.53 bits per heavy atom. The lowest BCUT2D eigenvalue weighted by molar-refractivity contribution is 0.488. The van der Waals surface area contributed by atoms with E-state index >= 15 is 0 Å². The van der Waals surface area contributed by atoms with Crippen LogP contribution in [0.4, 0.5) is 0 Å². The number of benzene rings is 3. The molecule has 0 atom stereocenters. The van der Waals surface area contributed by atoms with Crippen LogP contribution < -0.4 is 4.74 Å². The molecule has 0 saturated heterocycles. The van der Waals surface area contributed by atoms with E-state index in [1.165, 1.54) is 0 Å². The molecule has 0 aromatic heterocycles. The van der Waals surface area contributed by atoms with Gasteiger partial charge in [-0.25, -0.2) is 0 Å². The van der Waals surface area contributed by atoms with Gasteiger partial charge in [0.25, 0.3) is 0 Å². The van der Waals surface area contributed by atoms with E-state index in [1.807, 2.05) is 66.7 Å². The fourth-order valence-corrected chi connectivity index (χ4v) is 1.83. The molecule has 1 heteroatoms. The van der Waals surface area contributed by atoms with Crippen LogP contribution in [0.1, 0.15) is 0 Å². The van der Waals surface area contributed by atoms with Crippen LogP contribution in [0.15, 0.2) is 66.7 Å². The van der Waals surface area contributed by atoms with Gasteiger partial charge in [-0.1, -0.05) is 48.5 Å². The molecule has 0 unspecified atom stereocenters. The van der Waals surface area contributed by atoms with E-state index in [1.54, 1.807) is 0 Å². The quantitative estimate of drug-likeness (QED) is 0.619. The highest BCUT2D eigenvalue weighted by molar-refractivity contribution is 5.87. The molecule has 81 valence electrons. The van der Waals surface area contributed by atoms with Gasteiger partial charge in [-0.3, -0.25) is 0 Å². The Kier molecular flexibility index (Phi) is 2.51. The summed E-state index contributed by atoms with van der Waals surface area (Å²) in [5.74, 6) is 1.72. The Hall–Kier alpha value is -2.28. The smallest absolute Gasteiger partial charge is 0.135 e. The summed E-state index contributed by atoms with van der Waals surface area (Å²) in [4.78, 5) is 0. The van der Waals surface area contributed by atoms with Crippen LogP contribution in [0.5, 0.6) is 11.5 Å². The fraction of sp³-hybridized carbons (Fsp3) is 0. The highest BCUT2D eigenvalue weighted by atomic mass is 16.5. The molecule has 1 nitrogen and oxygen atoms in total. The summed E-state index contributed by atoms with van der Waals surface area (Å²) in [6.45, 7) is 0. The number of hydrogen-bond donors (Lipinski definition) is 0. The lowest BCUT2D eigenvalue weighted by Crippen LogP contribution is -1.85. The van der Waals surface area contributed by atoms with Crippen LogP contribution in [0, 0.1) is 6.07 Å². The van der Waals surface area contributed by atoms with Crippen molar-refractivity contribution in [3.05, 3.63) is 72.8 Å². The summed E-state index contributed by atoms with van der Waals surface area (Å²) < 4.78 is 5.87. The third kappa shape index (κ3) is 2.00. The molecular formula is C16H11O. The Morgan fingerprint density at radius 3 is 2.41 bits per heavy atom. The predicted molar refractivity (Wildman–Crippen MR) is 69.3 cm³/mol. The molecule has 3 aromatic carbocycles. The highest BCUT2D eigenvalue weighted by Crippen LogP contribution is 2.29. The summed E-state index contributed by atoms with van der Waals surface area (Å²) in [5.41, 5.74) is 0. The van der Waals surface area contributed by atoms with Crippen LogP contribution in [0.2, 0.25) is 0 Å². The molecule has 0 amide bonds. The van der Waals surface area contributed by atoms with Crippen molar-refractivity contribution >= 4 is 10.8 Å². The Balaban J connectivity index is 2.06. The predicted octanol–water partition coefficient (Wildman–Crippen LogP) is 4.43. The van der Waals surface area contributed by atoms with Crippen LogP contribution in [-0.2, 0) is 0 Å². The van der Waals surface area contributed by atoms with E-state index in [0.717, 1.165) is 22.3 Å². The van der Waals surface area contributed by atoms with Crippen molar-refractivity contribution in [1.29, 1.82) is 0 Å². The first-order valence-corrected chi connectivity index (χ1v) is 5.56. The maximum Gasteiger partial charge on any atom is 0.135 e. The third-order valence-electron chi connectivity index (χ3n) is 2.64. The van der Waals surface area contributed by atoms with Gasteiger partial charge in [-0.2, -0.15) is 0 Å². The number of para-hydroxylation sites is 1. The fourth-order valence-electron chi connectivity index (χ4n) is 1.83. The van der Waals surface area contributed by atoms with Gasteiger partial charge in [0.15, 0.2) is 0 Å². The average molecular weight is 219 g/mol. The number of rotatable bonds is 2. The minimum atomic E-state index is 0.851. The molecule has 0 aliphatic carbocycles. The van der Waals surface area contributed by atoms with Crippen LogP contribution in [0.3, 0.4) is 0 Å². The molecule has 0 bridgehead atoms. The maximum absolute atomic E-state index is 5.87. The zero-order chi connectivity index (χ0) is 11.5. The van der Waals surface area contributed by atoms with Crippen molar-refractivity contribution in [2.75, 3.05) is 0 Å². The van der Waals surface area contributed by atoms with Crippen molar-refractivity contribution in [2.24, 2.45) is 0 Å². The molecule has 0 fully saturated rings. The second kappa shape index (κ2) is 4.30. The first kappa shape index (κ1) is 9.91. The molecule has 0 N–H and O–H groups in total. The average Bonchev–Trinajstić information content (AvgIpc) is 2.40. The first-order chi connectivity index (χ1) is 8.43. The molecular weight excluding hydrogens is 208 g/mol. The van der Waals surface area contributed by atoms with Gasteiger partial charge in [0, 0.05) is 5.39 Å². The summed E-state index contributed by atoms with van der Waals surface area (Å²) in [6.07, 6.45) is 0. The summed E-state index contributed by atoms with van der Waals surface area (Å²) in [5, 5.41) is 2.15. The van der Waals surface area contributed by atoms with Gasteiger partial charge in [-0.15, -0.1) is 0 Å². The lowest BCUT2D eigenvalue weighted by atomic mass is 10.1. The van der Waals surface area contributed by atoms with E-state index in [-0.39, 0.29) is 0 Å². The number of fused-ring (bicyclic) bond motifs is 1. The van der Waals surface area contributed by atoms with Crippen LogP contribution in [-0.4, -0.2) is 0 Å². The number of ether oxygens (including phenoxy) is 1. The van der Waals surface area contributed by atoms with E-state index in [9.17, 15) is 0 Å². The molecule has 0 aliphatic rings. The van der Waals surface area contributed by atoms with E-state index in [0.29, 0.717) is 0 Å². The lowest BCUT2D eigenvalue weighted by Gasteiger charge is -2.08. The normalized spacial score (nSPS) is 10.4. The zero-order valence-electron chi connectivity index (χ0n) is 9.26. The molecule has 3 aromatic rings. The van der Waals surface area contributed by atoms with Gasteiger partial charge >= 0.3 is 0 Å². The standard InChI is InChI=1S/C16H11O/c1-2-9-14(10-3-1)17-16-12-6-8-13-7-4-5-11-15(13)16/h1-7,9-12H. The second-order valence-corrected chi connectivity index (χ2v) is 3.80. The van der Waals surface area contributed by atoms with Gasteiger partial charge in [0.2, 0.25) is 0 Å². The van der Waals surface area contributed by atoms with E-state index in [2.05, 4.69) is 6.07 Å². The van der Waals surface area contributed by atoms with E-state index < -0.39 is 0 Å². The van der Waals surface area contributed by atoms with Crippen LogP contribution >= 0.6 is 0 Å². The van der Waals surface area contributed by atoms with Gasteiger partial charge < -0.3 is 4.74 Å².